The molecule has 0 aromatic heterocycles. The van der Waals surface area contributed by atoms with Gasteiger partial charge in [0, 0.05) is 33.8 Å². The smallest absolute Gasteiger partial charge is 0.287 e. The van der Waals surface area contributed by atoms with Crippen LogP contribution in [0.2, 0.25) is 0 Å². The molecule has 0 fully saturated rings. The van der Waals surface area contributed by atoms with Crippen molar-refractivity contribution in [3.63, 3.8) is 0 Å². The number of benzene rings is 1. The number of ketones is 1. The van der Waals surface area contributed by atoms with Gasteiger partial charge < -0.3 is 0 Å². The molecule has 1 aromatic carbocycles. The van der Waals surface area contributed by atoms with Gasteiger partial charge in [-0.1, -0.05) is 0 Å². The van der Waals surface area contributed by atoms with E-state index in [1.807, 2.05) is 0 Å². The number of hydrogen-bond donors (Lipinski definition) is 0. The van der Waals surface area contributed by atoms with Crippen molar-refractivity contribution in [1.29, 1.82) is 0 Å². The minimum absolute atomic E-state index is 0.314. The summed E-state index contributed by atoms with van der Waals surface area (Å²) >= 11 is 0. The Labute approximate surface area is 152 Å². The van der Waals surface area contributed by atoms with Crippen molar-refractivity contribution in [3.8, 4) is 0 Å². The number of hydrogen-bond acceptors (Lipinski definition) is 5. The Morgan fingerprint density at radius 3 is 1.67 bits per heavy atom. The third-order valence-electron chi connectivity index (χ3n) is 3.38. The lowest BCUT2D eigenvalue weighted by Gasteiger charge is -2.21. The molecule has 0 saturated heterocycles. The third-order valence-corrected chi connectivity index (χ3v) is 7.04. The van der Waals surface area contributed by atoms with Crippen molar-refractivity contribution in [2.24, 2.45) is 0 Å². The van der Waals surface area contributed by atoms with Crippen LogP contribution in [0.15, 0.2) is 28.0 Å². The van der Waals surface area contributed by atoms with Gasteiger partial charge in [0.15, 0.2) is 0 Å². The Hall–Kier alpha value is -1.64. The maximum atomic E-state index is 13.4. The number of rotatable bonds is 6. The highest BCUT2D eigenvalue weighted by atomic mass is 32.2. The number of carbonyl (C=O) groups excluding carboxylic acids is 1. The highest BCUT2D eigenvalue weighted by Gasteiger charge is 2.63. The van der Waals surface area contributed by atoms with Crippen LogP contribution < -0.4 is 0 Å². The summed E-state index contributed by atoms with van der Waals surface area (Å²) in [6, 6.07) is 1.25. The first-order chi connectivity index (χ1) is 11.9. The number of alkyl halides is 5. The number of nitrogens with zero attached hydrogens (tertiary/aromatic N) is 2. The van der Waals surface area contributed by atoms with Gasteiger partial charge in [-0.15, -0.1) is 0 Å². The minimum atomic E-state index is -6.27. The van der Waals surface area contributed by atoms with Crippen LogP contribution in [-0.4, -0.2) is 71.5 Å². The van der Waals surface area contributed by atoms with E-state index >= 15 is 0 Å². The predicted octanol–water partition coefficient (Wildman–Crippen LogP) is 1.57. The largest absolute Gasteiger partial charge is 0.461 e. The molecule has 1 aromatic rings. The Morgan fingerprint density at radius 2 is 1.30 bits per heavy atom. The summed E-state index contributed by atoms with van der Waals surface area (Å²) in [5.74, 6) is -8.69. The Morgan fingerprint density at radius 1 is 0.852 bits per heavy atom. The van der Waals surface area contributed by atoms with Crippen molar-refractivity contribution in [1.82, 2.24) is 8.61 Å². The molecule has 0 aliphatic rings. The fourth-order valence-corrected chi connectivity index (χ4v) is 3.88. The molecule has 0 N–H and O–H groups in total. The van der Waals surface area contributed by atoms with E-state index in [4.69, 9.17) is 0 Å². The van der Waals surface area contributed by atoms with Gasteiger partial charge in [0.05, 0.1) is 9.79 Å². The van der Waals surface area contributed by atoms with Gasteiger partial charge >= 0.3 is 12.1 Å². The average molecular weight is 438 g/mol. The third kappa shape index (κ3) is 4.12. The molecular formula is C13H15F5N2O5S2. The zero-order valence-corrected chi connectivity index (χ0v) is 16.0. The first-order valence-electron chi connectivity index (χ1n) is 6.87. The standard InChI is InChI=1S/C13H15F5N2O5S2/c1-19(2)26(22,23)8-5-6-9(10(7-8)27(24,25)20(3)4)11(21)12(14,15)13(16,17)18/h5-7H,1-4H3. The van der Waals surface area contributed by atoms with Gasteiger partial charge in [-0.05, 0) is 18.2 Å². The second-order valence-electron chi connectivity index (χ2n) is 5.63. The van der Waals surface area contributed by atoms with E-state index in [1.165, 1.54) is 0 Å². The molecule has 0 unspecified atom stereocenters. The molecule has 0 saturated carbocycles. The predicted molar refractivity (Wildman–Crippen MR) is 83.5 cm³/mol. The highest BCUT2D eigenvalue weighted by molar-refractivity contribution is 7.90. The quantitative estimate of drug-likeness (QED) is 0.497. The summed E-state index contributed by atoms with van der Waals surface area (Å²) in [6.07, 6.45) is -6.27. The second-order valence-corrected chi connectivity index (χ2v) is 9.91. The molecule has 0 aliphatic heterocycles. The van der Waals surface area contributed by atoms with Gasteiger partial charge in [0.1, 0.15) is 0 Å². The van der Waals surface area contributed by atoms with Crippen LogP contribution in [0.25, 0.3) is 0 Å². The fourth-order valence-electron chi connectivity index (χ4n) is 1.77. The normalized spacial score (nSPS) is 14.0. The van der Waals surface area contributed by atoms with Crippen LogP contribution in [0.1, 0.15) is 10.4 Å². The van der Waals surface area contributed by atoms with Crippen molar-refractivity contribution >= 4 is 25.8 Å². The summed E-state index contributed by atoms with van der Waals surface area (Å²) in [6.45, 7) is 0. The van der Waals surface area contributed by atoms with E-state index in [0.717, 1.165) is 28.2 Å². The lowest BCUT2D eigenvalue weighted by atomic mass is 10.1. The van der Waals surface area contributed by atoms with Gasteiger partial charge in [0.25, 0.3) is 0 Å². The minimum Gasteiger partial charge on any atom is -0.287 e. The van der Waals surface area contributed by atoms with Gasteiger partial charge in [0.2, 0.25) is 25.8 Å². The molecule has 27 heavy (non-hydrogen) atoms. The fraction of sp³-hybridized carbons (Fsp3) is 0.462. The molecule has 0 spiro atoms. The molecule has 0 bridgehead atoms. The molecule has 0 amide bonds. The number of Topliss-reactive ketones (excluding diaryl/α,β-unsaturated/α-hetero) is 1. The lowest BCUT2D eigenvalue weighted by Crippen LogP contribution is -2.44. The maximum absolute atomic E-state index is 13.4. The molecule has 0 heterocycles. The van der Waals surface area contributed by atoms with Crippen LogP contribution in [-0.2, 0) is 20.0 Å². The summed E-state index contributed by atoms with van der Waals surface area (Å²) in [5.41, 5.74) is -1.48. The molecular weight excluding hydrogens is 423 g/mol. The summed E-state index contributed by atoms with van der Waals surface area (Å²) in [4.78, 5) is 9.79. The Bertz CT molecular complexity index is 954. The van der Waals surface area contributed by atoms with Crippen molar-refractivity contribution < 1.29 is 43.6 Å². The molecule has 0 aliphatic carbocycles. The topological polar surface area (TPSA) is 91.8 Å². The van der Waals surface area contributed by atoms with Crippen molar-refractivity contribution in [3.05, 3.63) is 23.8 Å². The number of carbonyl (C=O) groups is 1. The van der Waals surface area contributed by atoms with E-state index in [2.05, 4.69) is 0 Å². The Kier molecular flexibility index (Phi) is 6.13. The number of sulfonamides is 2. The monoisotopic (exact) mass is 438 g/mol. The Balaban J connectivity index is 3.86. The summed E-state index contributed by atoms with van der Waals surface area (Å²) in [5, 5.41) is 0. The van der Waals surface area contributed by atoms with Crippen LogP contribution in [0, 0.1) is 0 Å². The van der Waals surface area contributed by atoms with E-state index in [0.29, 0.717) is 26.8 Å². The molecule has 154 valence electrons. The van der Waals surface area contributed by atoms with Gasteiger partial charge in [-0.2, -0.15) is 22.0 Å². The van der Waals surface area contributed by atoms with Gasteiger partial charge in [-0.25, -0.2) is 25.4 Å². The van der Waals surface area contributed by atoms with Crippen LogP contribution >= 0.6 is 0 Å². The molecule has 7 nitrogen and oxygen atoms in total. The van der Waals surface area contributed by atoms with E-state index in [9.17, 15) is 43.6 Å². The molecule has 0 atom stereocenters. The summed E-state index contributed by atoms with van der Waals surface area (Å²) < 4.78 is 114. The molecule has 0 radical (unpaired) electrons. The van der Waals surface area contributed by atoms with Crippen molar-refractivity contribution in [2.45, 2.75) is 21.9 Å². The first-order valence-corrected chi connectivity index (χ1v) is 9.75. The zero-order valence-electron chi connectivity index (χ0n) is 14.4. The second kappa shape index (κ2) is 7.07. The van der Waals surface area contributed by atoms with Crippen LogP contribution in [0.5, 0.6) is 0 Å². The zero-order chi connectivity index (χ0) is 21.6. The van der Waals surface area contributed by atoms with Gasteiger partial charge in [-0.3, -0.25) is 4.79 Å². The maximum Gasteiger partial charge on any atom is 0.461 e. The first kappa shape index (κ1) is 23.4. The van der Waals surface area contributed by atoms with E-state index in [-0.39, 0.29) is 0 Å². The van der Waals surface area contributed by atoms with E-state index < -0.39 is 53.3 Å². The van der Waals surface area contributed by atoms with Crippen LogP contribution in [0.3, 0.4) is 0 Å². The average Bonchev–Trinajstić information content (AvgIpc) is 2.51. The number of halogens is 5. The lowest BCUT2D eigenvalue weighted by molar-refractivity contribution is -0.255. The van der Waals surface area contributed by atoms with E-state index in [1.54, 1.807) is 0 Å². The SMILES string of the molecule is CN(C)S(=O)(=O)c1ccc(C(=O)C(F)(F)C(F)(F)F)c(S(=O)(=O)N(C)C)c1. The highest BCUT2D eigenvalue weighted by Crippen LogP contribution is 2.39. The molecule has 14 heteroatoms. The van der Waals surface area contributed by atoms with Crippen molar-refractivity contribution in [2.75, 3.05) is 28.2 Å². The van der Waals surface area contributed by atoms with Crippen LogP contribution in [0.4, 0.5) is 22.0 Å². The summed E-state index contributed by atoms with van der Waals surface area (Å²) in [7, 11) is -4.96. The molecule has 1 rings (SSSR count).